The van der Waals surface area contributed by atoms with Crippen molar-refractivity contribution < 1.29 is 9.47 Å². The Morgan fingerprint density at radius 1 is 1.22 bits per heavy atom. The maximum absolute atomic E-state index is 9.53. The van der Waals surface area contributed by atoms with Crippen molar-refractivity contribution in [3.8, 4) is 22.9 Å². The Morgan fingerprint density at radius 3 is 2.52 bits per heavy atom. The molecule has 118 valence electrons. The zero-order chi connectivity index (χ0) is 16.2. The highest BCUT2D eigenvalue weighted by molar-refractivity contribution is 5.71. The summed E-state index contributed by atoms with van der Waals surface area (Å²) in [6, 6.07) is 12.0. The maximum atomic E-state index is 9.53. The Bertz CT molecular complexity index is 729. The fourth-order valence-electron chi connectivity index (χ4n) is 2.75. The number of pyridine rings is 1. The van der Waals surface area contributed by atoms with Crippen molar-refractivity contribution in [1.82, 2.24) is 4.98 Å². The van der Waals surface area contributed by atoms with E-state index in [0.29, 0.717) is 18.8 Å². The minimum Gasteiger partial charge on any atom is -0.497 e. The standard InChI is InChI=1S/C18H19N3O2/c1-13-17(14-3-5-16(22-2)6-4-14)11-15(12-19)18(20-13)21-7-9-23-10-8-21/h3-6,11H,7-10H2,1-2H3. The Labute approximate surface area is 136 Å². The smallest absolute Gasteiger partial charge is 0.147 e. The van der Waals surface area contributed by atoms with E-state index in [-0.39, 0.29) is 0 Å². The van der Waals surface area contributed by atoms with Gasteiger partial charge in [-0.2, -0.15) is 5.26 Å². The number of morpholine rings is 1. The van der Waals surface area contributed by atoms with Gasteiger partial charge < -0.3 is 14.4 Å². The van der Waals surface area contributed by atoms with E-state index in [4.69, 9.17) is 14.5 Å². The van der Waals surface area contributed by atoms with Gasteiger partial charge in [-0.15, -0.1) is 0 Å². The van der Waals surface area contributed by atoms with E-state index in [1.807, 2.05) is 37.3 Å². The molecule has 1 saturated heterocycles. The van der Waals surface area contributed by atoms with E-state index in [2.05, 4.69) is 11.0 Å². The summed E-state index contributed by atoms with van der Waals surface area (Å²) in [4.78, 5) is 6.82. The number of methoxy groups -OCH3 is 1. The molecule has 1 aromatic heterocycles. The van der Waals surface area contributed by atoms with Crippen LogP contribution in [0.2, 0.25) is 0 Å². The zero-order valence-corrected chi connectivity index (χ0v) is 13.4. The van der Waals surface area contributed by atoms with E-state index in [9.17, 15) is 5.26 Å². The van der Waals surface area contributed by atoms with Crippen LogP contribution in [-0.4, -0.2) is 38.4 Å². The molecular weight excluding hydrogens is 290 g/mol. The van der Waals surface area contributed by atoms with Crippen LogP contribution < -0.4 is 9.64 Å². The molecule has 5 nitrogen and oxygen atoms in total. The Hall–Kier alpha value is -2.58. The zero-order valence-electron chi connectivity index (χ0n) is 13.4. The van der Waals surface area contributed by atoms with E-state index >= 15 is 0 Å². The molecule has 1 fully saturated rings. The Morgan fingerprint density at radius 2 is 1.91 bits per heavy atom. The summed E-state index contributed by atoms with van der Waals surface area (Å²) in [6.45, 7) is 4.86. The van der Waals surface area contributed by atoms with Crippen molar-refractivity contribution in [2.75, 3.05) is 38.3 Å². The number of hydrogen-bond acceptors (Lipinski definition) is 5. The molecule has 0 amide bonds. The first-order valence-electron chi connectivity index (χ1n) is 7.62. The summed E-state index contributed by atoms with van der Waals surface area (Å²) < 4.78 is 10.6. The minimum absolute atomic E-state index is 0.600. The van der Waals surface area contributed by atoms with Crippen molar-refractivity contribution in [3.05, 3.63) is 41.6 Å². The van der Waals surface area contributed by atoms with Gasteiger partial charge in [0.05, 0.1) is 25.9 Å². The van der Waals surface area contributed by atoms with Gasteiger partial charge in [0.25, 0.3) is 0 Å². The quantitative estimate of drug-likeness (QED) is 0.872. The first-order chi connectivity index (χ1) is 11.2. The van der Waals surface area contributed by atoms with E-state index < -0.39 is 0 Å². The van der Waals surface area contributed by atoms with Crippen LogP contribution in [0.1, 0.15) is 11.3 Å². The predicted molar refractivity (Wildman–Crippen MR) is 88.7 cm³/mol. The van der Waals surface area contributed by atoms with Gasteiger partial charge in [-0.1, -0.05) is 12.1 Å². The van der Waals surface area contributed by atoms with Gasteiger partial charge in [0.2, 0.25) is 0 Å². The lowest BCUT2D eigenvalue weighted by atomic mass is 10.0. The number of ether oxygens (including phenoxy) is 2. The summed E-state index contributed by atoms with van der Waals surface area (Å²) >= 11 is 0. The van der Waals surface area contributed by atoms with Gasteiger partial charge >= 0.3 is 0 Å². The molecule has 1 aromatic carbocycles. The monoisotopic (exact) mass is 309 g/mol. The van der Waals surface area contributed by atoms with Crippen LogP contribution in [0.25, 0.3) is 11.1 Å². The molecule has 0 radical (unpaired) electrons. The first-order valence-corrected chi connectivity index (χ1v) is 7.62. The number of aryl methyl sites for hydroxylation is 1. The van der Waals surface area contributed by atoms with Crippen LogP contribution in [0.3, 0.4) is 0 Å². The molecule has 5 heteroatoms. The summed E-state index contributed by atoms with van der Waals surface area (Å²) in [6.07, 6.45) is 0. The molecule has 0 aliphatic carbocycles. The van der Waals surface area contributed by atoms with Crippen molar-refractivity contribution in [2.24, 2.45) is 0 Å². The molecule has 0 N–H and O–H groups in total. The molecule has 0 spiro atoms. The number of nitrogens with zero attached hydrogens (tertiary/aromatic N) is 3. The van der Waals surface area contributed by atoms with Crippen LogP contribution in [0.4, 0.5) is 5.82 Å². The summed E-state index contributed by atoms with van der Waals surface area (Å²) in [5, 5.41) is 9.53. The number of rotatable bonds is 3. The Balaban J connectivity index is 2.00. The molecule has 23 heavy (non-hydrogen) atoms. The second-order valence-electron chi connectivity index (χ2n) is 5.43. The van der Waals surface area contributed by atoms with Crippen molar-refractivity contribution in [2.45, 2.75) is 6.92 Å². The highest BCUT2D eigenvalue weighted by Crippen LogP contribution is 2.29. The average Bonchev–Trinajstić information content (AvgIpc) is 2.62. The highest BCUT2D eigenvalue weighted by Gasteiger charge is 2.18. The van der Waals surface area contributed by atoms with E-state index in [1.54, 1.807) is 7.11 Å². The van der Waals surface area contributed by atoms with Crippen LogP contribution in [0, 0.1) is 18.3 Å². The lowest BCUT2D eigenvalue weighted by Crippen LogP contribution is -2.37. The van der Waals surface area contributed by atoms with Gasteiger partial charge in [-0.05, 0) is 30.7 Å². The summed E-state index contributed by atoms with van der Waals surface area (Å²) in [5.74, 6) is 1.57. The molecule has 2 aromatic rings. The third kappa shape index (κ3) is 3.13. The predicted octanol–water partition coefficient (Wildman–Crippen LogP) is 2.77. The van der Waals surface area contributed by atoms with Gasteiger partial charge in [0, 0.05) is 24.3 Å². The second-order valence-corrected chi connectivity index (χ2v) is 5.43. The number of benzene rings is 1. The molecule has 0 atom stereocenters. The van der Waals surface area contributed by atoms with E-state index in [1.165, 1.54) is 0 Å². The third-order valence-electron chi connectivity index (χ3n) is 4.03. The lowest BCUT2D eigenvalue weighted by Gasteiger charge is -2.29. The minimum atomic E-state index is 0.600. The molecule has 1 aliphatic rings. The van der Waals surface area contributed by atoms with Crippen molar-refractivity contribution in [1.29, 1.82) is 5.26 Å². The van der Waals surface area contributed by atoms with Crippen LogP contribution in [-0.2, 0) is 4.74 Å². The van der Waals surface area contributed by atoms with Crippen LogP contribution in [0.15, 0.2) is 30.3 Å². The number of anilines is 1. The molecule has 0 bridgehead atoms. The van der Waals surface area contributed by atoms with Gasteiger partial charge in [-0.3, -0.25) is 0 Å². The average molecular weight is 309 g/mol. The summed E-state index contributed by atoms with van der Waals surface area (Å²) in [5.41, 5.74) is 3.51. The summed E-state index contributed by atoms with van der Waals surface area (Å²) in [7, 11) is 1.65. The van der Waals surface area contributed by atoms with Crippen molar-refractivity contribution in [3.63, 3.8) is 0 Å². The lowest BCUT2D eigenvalue weighted by molar-refractivity contribution is 0.122. The van der Waals surface area contributed by atoms with E-state index in [0.717, 1.165) is 41.5 Å². The number of hydrogen-bond donors (Lipinski definition) is 0. The SMILES string of the molecule is COc1ccc(-c2cc(C#N)c(N3CCOCC3)nc2C)cc1. The van der Waals surface area contributed by atoms with Crippen LogP contribution >= 0.6 is 0 Å². The van der Waals surface area contributed by atoms with Crippen LogP contribution in [0.5, 0.6) is 5.75 Å². The first kappa shape index (κ1) is 15.3. The topological polar surface area (TPSA) is 58.4 Å². The largest absolute Gasteiger partial charge is 0.497 e. The third-order valence-corrected chi connectivity index (χ3v) is 4.03. The second kappa shape index (κ2) is 6.67. The molecule has 1 aliphatic heterocycles. The number of aromatic nitrogens is 1. The van der Waals surface area contributed by atoms with Gasteiger partial charge in [-0.25, -0.2) is 4.98 Å². The van der Waals surface area contributed by atoms with Gasteiger partial charge in [0.1, 0.15) is 17.6 Å². The molecule has 0 unspecified atom stereocenters. The molecule has 0 saturated carbocycles. The molecule has 2 heterocycles. The fraction of sp³-hybridized carbons (Fsp3) is 0.333. The normalized spacial score (nSPS) is 14.4. The molecule has 3 rings (SSSR count). The van der Waals surface area contributed by atoms with Gasteiger partial charge in [0.15, 0.2) is 0 Å². The highest BCUT2D eigenvalue weighted by atomic mass is 16.5. The Kier molecular flexibility index (Phi) is 4.45. The maximum Gasteiger partial charge on any atom is 0.147 e. The molecular formula is C18H19N3O2. The number of nitriles is 1. The van der Waals surface area contributed by atoms with Crippen molar-refractivity contribution >= 4 is 5.82 Å². The fourth-order valence-corrected chi connectivity index (χ4v) is 2.75.